The fraction of sp³-hybridized carbons (Fsp3) is 0.500. The van der Waals surface area contributed by atoms with E-state index in [1.165, 1.54) is 17.3 Å². The molecule has 0 amide bonds. The minimum absolute atomic E-state index is 0.0462. The third kappa shape index (κ3) is 2.89. The van der Waals surface area contributed by atoms with Crippen molar-refractivity contribution >= 4 is 17.5 Å². The normalized spacial score (nSPS) is 18.3. The molecule has 0 fully saturated rings. The molecule has 4 rings (SSSR count). The summed E-state index contributed by atoms with van der Waals surface area (Å²) >= 11 is 1.51. The number of unbranched alkanes of at least 4 members (excludes halogenated alkanes) is 2. The highest BCUT2D eigenvalue weighted by Crippen LogP contribution is 2.42. The van der Waals surface area contributed by atoms with Crippen LogP contribution in [0.1, 0.15) is 57.6 Å². The topological polar surface area (TPSA) is 52.2 Å². The molecule has 0 bridgehead atoms. The van der Waals surface area contributed by atoms with Gasteiger partial charge in [0, 0.05) is 17.5 Å². The van der Waals surface area contributed by atoms with Gasteiger partial charge in [0.15, 0.2) is 5.16 Å². The zero-order valence-electron chi connectivity index (χ0n) is 17.2. The van der Waals surface area contributed by atoms with E-state index >= 15 is 0 Å². The van der Waals surface area contributed by atoms with Crippen molar-refractivity contribution in [1.29, 1.82) is 0 Å². The van der Waals surface area contributed by atoms with Crippen molar-refractivity contribution < 1.29 is 0 Å². The Kier molecular flexibility index (Phi) is 5.08. The van der Waals surface area contributed by atoms with E-state index in [0.717, 1.165) is 60.6 Å². The van der Waals surface area contributed by atoms with E-state index in [4.69, 9.17) is 10.1 Å². The lowest BCUT2D eigenvalue weighted by Crippen LogP contribution is -2.37. The van der Waals surface area contributed by atoms with Crippen LogP contribution in [0.3, 0.4) is 0 Å². The lowest BCUT2D eigenvalue weighted by Gasteiger charge is -2.35. The Morgan fingerprint density at radius 2 is 2.00 bits per heavy atom. The van der Waals surface area contributed by atoms with Crippen LogP contribution in [0.5, 0.6) is 0 Å². The first kappa shape index (κ1) is 19.2. The molecule has 1 aliphatic rings. The smallest absolute Gasteiger partial charge is 0.265 e. The first-order valence-electron chi connectivity index (χ1n) is 10.2. The zero-order chi connectivity index (χ0) is 19.9. The summed E-state index contributed by atoms with van der Waals surface area (Å²) in [4.78, 5) is 18.8. The average Bonchev–Trinajstić information content (AvgIpc) is 3.06. The molecule has 1 aromatic carbocycles. The maximum absolute atomic E-state index is 13.7. The van der Waals surface area contributed by atoms with Crippen LogP contribution < -0.4 is 5.56 Å². The number of hydrogen-bond acceptors (Lipinski definition) is 4. The second-order valence-electron chi connectivity index (χ2n) is 7.94. The van der Waals surface area contributed by atoms with Crippen molar-refractivity contribution in [2.45, 2.75) is 70.0 Å². The van der Waals surface area contributed by atoms with Crippen molar-refractivity contribution in [3.05, 3.63) is 45.7 Å². The first-order valence-corrected chi connectivity index (χ1v) is 11.4. The van der Waals surface area contributed by atoms with E-state index in [1.807, 2.05) is 17.0 Å². The summed E-state index contributed by atoms with van der Waals surface area (Å²) in [5, 5.41) is 5.45. The average molecular weight is 397 g/mol. The maximum Gasteiger partial charge on any atom is 0.265 e. The van der Waals surface area contributed by atoms with Gasteiger partial charge >= 0.3 is 0 Å². The Labute approximate surface area is 170 Å². The highest BCUT2D eigenvalue weighted by molar-refractivity contribution is 7.98. The summed E-state index contributed by atoms with van der Waals surface area (Å²) in [5.74, 6) is 0.666. The van der Waals surface area contributed by atoms with Crippen molar-refractivity contribution in [1.82, 2.24) is 19.2 Å². The molecule has 0 saturated carbocycles. The third-order valence-corrected chi connectivity index (χ3v) is 6.72. The van der Waals surface area contributed by atoms with Crippen LogP contribution in [-0.2, 0) is 18.4 Å². The number of aryl methyl sites for hydroxylation is 1. The lowest BCUT2D eigenvalue weighted by molar-refractivity contribution is 0.439. The molecule has 6 heteroatoms. The molecule has 0 radical (unpaired) electrons. The van der Waals surface area contributed by atoms with Gasteiger partial charge in [-0.15, -0.1) is 5.10 Å². The highest BCUT2D eigenvalue weighted by atomic mass is 32.2. The van der Waals surface area contributed by atoms with Gasteiger partial charge in [0.2, 0.25) is 5.78 Å². The number of thioether (sulfide) groups is 1. The lowest BCUT2D eigenvalue weighted by atomic mass is 9.69. The number of benzene rings is 1. The molecular weight excluding hydrogens is 368 g/mol. The molecular formula is C22H28N4OS. The molecule has 1 atom stereocenters. The van der Waals surface area contributed by atoms with Crippen LogP contribution in [0.4, 0.5) is 0 Å². The van der Waals surface area contributed by atoms with Crippen LogP contribution in [0.15, 0.2) is 34.2 Å². The maximum atomic E-state index is 13.7. The molecule has 3 aromatic rings. The molecule has 0 saturated heterocycles. The van der Waals surface area contributed by atoms with E-state index < -0.39 is 0 Å². The molecule has 148 valence electrons. The Morgan fingerprint density at radius 3 is 2.71 bits per heavy atom. The number of rotatable bonds is 6. The Bertz CT molecular complexity index is 1080. The molecule has 2 heterocycles. The fourth-order valence-corrected chi connectivity index (χ4v) is 4.82. The van der Waals surface area contributed by atoms with Crippen LogP contribution >= 0.6 is 11.8 Å². The summed E-state index contributed by atoms with van der Waals surface area (Å²) in [6, 6.07) is 8.37. The SMILES string of the molecule is CCCCCn1nc(SC)n2c(=O)c3c(nc12)-c1ccccc1C[C@]3(C)CC. The number of hydrogen-bond donors (Lipinski definition) is 0. The van der Waals surface area contributed by atoms with Crippen molar-refractivity contribution in [3.63, 3.8) is 0 Å². The van der Waals surface area contributed by atoms with Gasteiger partial charge in [-0.2, -0.15) is 0 Å². The van der Waals surface area contributed by atoms with Crippen molar-refractivity contribution in [3.8, 4) is 11.3 Å². The summed E-state index contributed by atoms with van der Waals surface area (Å²) in [6.45, 7) is 7.34. The Balaban J connectivity index is 2.03. The van der Waals surface area contributed by atoms with E-state index in [2.05, 4.69) is 39.0 Å². The summed E-state index contributed by atoms with van der Waals surface area (Å²) in [5.41, 5.74) is 3.89. The van der Waals surface area contributed by atoms with Crippen LogP contribution in [-0.4, -0.2) is 25.4 Å². The predicted octanol–water partition coefficient (Wildman–Crippen LogP) is 4.69. The standard InChI is InChI=1S/C22H28N4OS/c1-5-7-10-13-25-20-23-18-16-12-9-8-11-15(16)14-22(3,6-2)17(18)19(27)26(20)21(24-25)28-4/h8-9,11-12H,5-7,10,13-14H2,1-4H3/t22-/m0/s1. The quantitative estimate of drug-likeness (QED) is 0.448. The molecule has 2 aromatic heterocycles. The van der Waals surface area contributed by atoms with Gasteiger partial charge in [-0.05, 0) is 31.1 Å². The van der Waals surface area contributed by atoms with Gasteiger partial charge in [0.1, 0.15) is 0 Å². The molecule has 5 nitrogen and oxygen atoms in total. The van der Waals surface area contributed by atoms with Crippen LogP contribution in [0.25, 0.3) is 17.0 Å². The first-order chi connectivity index (χ1) is 13.5. The summed E-state index contributed by atoms with van der Waals surface area (Å²) in [6.07, 6.45) is 7.08. The van der Waals surface area contributed by atoms with Crippen molar-refractivity contribution in [2.75, 3.05) is 6.26 Å². The van der Waals surface area contributed by atoms with Gasteiger partial charge in [0.05, 0.1) is 11.3 Å². The van der Waals surface area contributed by atoms with Crippen LogP contribution in [0.2, 0.25) is 0 Å². The number of fused-ring (bicyclic) bond motifs is 4. The molecule has 0 spiro atoms. The molecule has 28 heavy (non-hydrogen) atoms. The second-order valence-corrected chi connectivity index (χ2v) is 8.71. The minimum Gasteiger partial charge on any atom is -0.268 e. The predicted molar refractivity (Wildman–Crippen MR) is 115 cm³/mol. The van der Waals surface area contributed by atoms with Crippen molar-refractivity contribution in [2.24, 2.45) is 0 Å². The summed E-state index contributed by atoms with van der Waals surface area (Å²) < 4.78 is 3.65. The molecule has 1 aliphatic carbocycles. The molecule has 0 N–H and O–H groups in total. The van der Waals surface area contributed by atoms with Gasteiger partial charge < -0.3 is 0 Å². The van der Waals surface area contributed by atoms with Crippen LogP contribution in [0, 0.1) is 0 Å². The molecule has 0 unspecified atom stereocenters. The largest absolute Gasteiger partial charge is 0.268 e. The zero-order valence-corrected chi connectivity index (χ0v) is 18.0. The van der Waals surface area contributed by atoms with Gasteiger partial charge in [0.25, 0.3) is 5.56 Å². The third-order valence-electron chi connectivity index (χ3n) is 6.09. The number of aromatic nitrogens is 4. The Morgan fingerprint density at radius 1 is 1.21 bits per heavy atom. The van der Waals surface area contributed by atoms with Gasteiger partial charge in [-0.3, -0.25) is 4.79 Å². The van der Waals surface area contributed by atoms with E-state index in [-0.39, 0.29) is 11.0 Å². The fourth-order valence-electron chi connectivity index (χ4n) is 4.30. The second kappa shape index (κ2) is 7.39. The van der Waals surface area contributed by atoms with E-state index in [0.29, 0.717) is 5.78 Å². The summed E-state index contributed by atoms with van der Waals surface area (Å²) in [7, 11) is 0. The number of nitrogens with zero attached hydrogens (tertiary/aromatic N) is 4. The highest BCUT2D eigenvalue weighted by Gasteiger charge is 2.38. The Hall–Kier alpha value is -2.08. The molecule has 0 aliphatic heterocycles. The van der Waals surface area contributed by atoms with E-state index in [9.17, 15) is 4.79 Å². The monoisotopic (exact) mass is 396 g/mol. The van der Waals surface area contributed by atoms with Gasteiger partial charge in [-0.25, -0.2) is 14.1 Å². The van der Waals surface area contributed by atoms with E-state index in [1.54, 1.807) is 4.40 Å². The van der Waals surface area contributed by atoms with Gasteiger partial charge in [-0.1, -0.05) is 69.6 Å². The minimum atomic E-state index is -0.213.